The maximum absolute atomic E-state index is 12.6. The molecule has 0 saturated carbocycles. The first-order valence-electron chi connectivity index (χ1n) is 8.15. The summed E-state index contributed by atoms with van der Waals surface area (Å²) in [5.41, 5.74) is 0.403. The van der Waals surface area contributed by atoms with Crippen LogP contribution in [0.15, 0.2) is 12.4 Å². The molecule has 0 bridgehead atoms. The Morgan fingerprint density at radius 2 is 2.33 bits per heavy atom. The van der Waals surface area contributed by atoms with E-state index < -0.39 is 15.9 Å². The number of amides is 2. The molecule has 0 aliphatic carbocycles. The highest BCUT2D eigenvalue weighted by Gasteiger charge is 2.37. The summed E-state index contributed by atoms with van der Waals surface area (Å²) in [6.07, 6.45) is 5.28. The van der Waals surface area contributed by atoms with E-state index in [4.69, 9.17) is 4.74 Å². The molecule has 2 aliphatic rings. The number of aryl methyl sites for hydroxylation is 1. The number of hydrogen-bond donors (Lipinski definition) is 1. The lowest BCUT2D eigenvalue weighted by molar-refractivity contribution is 0.0215. The summed E-state index contributed by atoms with van der Waals surface area (Å²) in [6, 6.07) is -0.759. The average molecular weight is 356 g/mol. The molecule has 1 aromatic heterocycles. The Bertz CT molecular complexity index is 709. The van der Waals surface area contributed by atoms with Crippen molar-refractivity contribution in [1.82, 2.24) is 20.0 Å². The number of rotatable bonds is 3. The van der Waals surface area contributed by atoms with Crippen molar-refractivity contribution in [2.24, 2.45) is 7.05 Å². The highest BCUT2D eigenvalue weighted by atomic mass is 32.2. The van der Waals surface area contributed by atoms with Crippen molar-refractivity contribution in [3.05, 3.63) is 18.0 Å². The van der Waals surface area contributed by atoms with Crippen LogP contribution in [0.2, 0.25) is 0 Å². The Kier molecular flexibility index (Phi) is 4.56. The van der Waals surface area contributed by atoms with Crippen molar-refractivity contribution in [3.63, 3.8) is 0 Å². The predicted molar refractivity (Wildman–Crippen MR) is 88.3 cm³/mol. The topological polar surface area (TPSA) is 93.5 Å². The standard InChI is InChI=1S/C15H24N4O4S/c1-15(4-3-6-23-15)11-16-14(20)19-5-7-24(21,22)10-13(19)12-8-17-18(2)9-12/h8-9,13H,3-7,10-11H2,1-2H3,(H,16,20)/t13-,15-/m0/s1. The summed E-state index contributed by atoms with van der Waals surface area (Å²) < 4.78 is 31.3. The van der Waals surface area contributed by atoms with Gasteiger partial charge in [0.1, 0.15) is 0 Å². The molecule has 3 heterocycles. The van der Waals surface area contributed by atoms with Crippen molar-refractivity contribution >= 4 is 15.9 Å². The van der Waals surface area contributed by atoms with Gasteiger partial charge in [0.15, 0.2) is 9.84 Å². The van der Waals surface area contributed by atoms with E-state index in [1.54, 1.807) is 29.0 Å². The van der Waals surface area contributed by atoms with Gasteiger partial charge in [-0.1, -0.05) is 0 Å². The Labute approximate surface area is 142 Å². The van der Waals surface area contributed by atoms with Gasteiger partial charge in [-0.15, -0.1) is 0 Å². The molecule has 3 rings (SSSR count). The van der Waals surface area contributed by atoms with Crippen molar-refractivity contribution in [2.75, 3.05) is 31.2 Å². The number of carbonyl (C=O) groups is 1. The fourth-order valence-electron chi connectivity index (χ4n) is 3.28. The third-order valence-electron chi connectivity index (χ3n) is 4.72. The molecule has 1 aromatic rings. The van der Waals surface area contributed by atoms with Crippen LogP contribution in [0.3, 0.4) is 0 Å². The van der Waals surface area contributed by atoms with Crippen LogP contribution < -0.4 is 5.32 Å². The molecule has 0 spiro atoms. The summed E-state index contributed by atoms with van der Waals surface area (Å²) in [5, 5.41) is 7.01. The lowest BCUT2D eigenvalue weighted by Gasteiger charge is -2.36. The largest absolute Gasteiger partial charge is 0.373 e. The minimum Gasteiger partial charge on any atom is -0.373 e. The second-order valence-corrected chi connectivity index (χ2v) is 9.06. The minimum atomic E-state index is -3.16. The smallest absolute Gasteiger partial charge is 0.318 e. The van der Waals surface area contributed by atoms with Crippen molar-refractivity contribution in [2.45, 2.75) is 31.4 Å². The average Bonchev–Trinajstić information content (AvgIpc) is 3.13. The molecule has 2 saturated heterocycles. The molecular weight excluding hydrogens is 332 g/mol. The van der Waals surface area contributed by atoms with E-state index in [-0.39, 0.29) is 29.7 Å². The molecule has 8 nitrogen and oxygen atoms in total. The molecular formula is C15H24N4O4S. The van der Waals surface area contributed by atoms with Crippen LogP contribution >= 0.6 is 0 Å². The summed E-state index contributed by atoms with van der Waals surface area (Å²) in [4.78, 5) is 14.2. The summed E-state index contributed by atoms with van der Waals surface area (Å²) in [5.74, 6) is -0.0785. The van der Waals surface area contributed by atoms with Gasteiger partial charge in [0.2, 0.25) is 0 Å². The molecule has 1 N–H and O–H groups in total. The molecule has 0 radical (unpaired) electrons. The number of ether oxygens (including phenoxy) is 1. The Balaban J connectivity index is 1.72. The zero-order valence-electron chi connectivity index (χ0n) is 14.1. The molecule has 2 aliphatic heterocycles. The third-order valence-corrected chi connectivity index (χ3v) is 6.34. The highest BCUT2D eigenvalue weighted by Crippen LogP contribution is 2.27. The van der Waals surface area contributed by atoms with E-state index in [0.29, 0.717) is 13.2 Å². The van der Waals surface area contributed by atoms with E-state index in [1.807, 2.05) is 6.92 Å². The molecule has 2 amide bonds. The summed E-state index contributed by atoms with van der Waals surface area (Å²) >= 11 is 0. The van der Waals surface area contributed by atoms with Gasteiger partial charge in [0.25, 0.3) is 0 Å². The number of hydrogen-bond acceptors (Lipinski definition) is 5. The van der Waals surface area contributed by atoms with Crippen LogP contribution in [0.5, 0.6) is 0 Å². The second-order valence-electron chi connectivity index (χ2n) is 6.83. The number of aromatic nitrogens is 2. The summed E-state index contributed by atoms with van der Waals surface area (Å²) in [7, 11) is -1.40. The van der Waals surface area contributed by atoms with Gasteiger partial charge in [-0.25, -0.2) is 13.2 Å². The normalized spacial score (nSPS) is 29.6. The van der Waals surface area contributed by atoms with Crippen LogP contribution in [0.1, 0.15) is 31.4 Å². The zero-order chi connectivity index (χ0) is 17.4. The van der Waals surface area contributed by atoms with E-state index in [1.165, 1.54) is 0 Å². The molecule has 24 heavy (non-hydrogen) atoms. The van der Waals surface area contributed by atoms with E-state index in [0.717, 1.165) is 18.4 Å². The monoisotopic (exact) mass is 356 g/mol. The van der Waals surface area contributed by atoms with Gasteiger partial charge in [0, 0.05) is 38.5 Å². The Hall–Kier alpha value is -1.61. The first-order valence-corrected chi connectivity index (χ1v) is 9.98. The molecule has 134 valence electrons. The number of nitrogens with zero attached hydrogens (tertiary/aromatic N) is 3. The SMILES string of the molecule is Cn1cc([C@@H]2CS(=O)(=O)CCN2C(=O)NC[C@]2(C)CCCO2)cn1. The number of nitrogens with one attached hydrogen (secondary N) is 1. The fraction of sp³-hybridized carbons (Fsp3) is 0.733. The molecule has 2 atom stereocenters. The minimum absolute atomic E-state index is 0.00898. The van der Waals surface area contributed by atoms with Gasteiger partial charge in [-0.2, -0.15) is 5.10 Å². The molecule has 2 fully saturated rings. The predicted octanol–water partition coefficient (Wildman–Crippen LogP) is 0.470. The lowest BCUT2D eigenvalue weighted by Crippen LogP contribution is -2.52. The first-order chi connectivity index (χ1) is 11.3. The van der Waals surface area contributed by atoms with Gasteiger partial charge in [-0.05, 0) is 19.8 Å². The molecule has 0 unspecified atom stereocenters. The van der Waals surface area contributed by atoms with Crippen LogP contribution in [0.4, 0.5) is 4.79 Å². The van der Waals surface area contributed by atoms with E-state index in [9.17, 15) is 13.2 Å². The molecule has 0 aromatic carbocycles. The van der Waals surface area contributed by atoms with Crippen molar-refractivity contribution in [3.8, 4) is 0 Å². The Morgan fingerprint density at radius 1 is 1.54 bits per heavy atom. The van der Waals surface area contributed by atoms with Crippen molar-refractivity contribution in [1.29, 1.82) is 0 Å². The van der Waals surface area contributed by atoms with Crippen LogP contribution in [-0.4, -0.2) is 65.9 Å². The number of carbonyl (C=O) groups excluding carboxylic acids is 1. The van der Waals surface area contributed by atoms with E-state index in [2.05, 4.69) is 10.4 Å². The van der Waals surface area contributed by atoms with Gasteiger partial charge >= 0.3 is 6.03 Å². The quantitative estimate of drug-likeness (QED) is 0.850. The van der Waals surface area contributed by atoms with Gasteiger partial charge < -0.3 is 15.0 Å². The third kappa shape index (κ3) is 3.72. The van der Waals surface area contributed by atoms with Crippen molar-refractivity contribution < 1.29 is 17.9 Å². The molecule has 9 heteroatoms. The zero-order valence-corrected chi connectivity index (χ0v) is 14.9. The number of sulfone groups is 1. The Morgan fingerprint density at radius 3 is 2.96 bits per heavy atom. The lowest BCUT2D eigenvalue weighted by atomic mass is 10.0. The van der Waals surface area contributed by atoms with E-state index >= 15 is 0 Å². The maximum Gasteiger partial charge on any atom is 0.318 e. The summed E-state index contributed by atoms with van der Waals surface area (Å²) in [6.45, 7) is 3.31. The van der Waals surface area contributed by atoms with Crippen LogP contribution in [-0.2, 0) is 21.6 Å². The fourth-order valence-corrected chi connectivity index (χ4v) is 4.77. The van der Waals surface area contributed by atoms with Crippen LogP contribution in [0, 0.1) is 0 Å². The van der Waals surface area contributed by atoms with Crippen LogP contribution in [0.25, 0.3) is 0 Å². The number of urea groups is 1. The maximum atomic E-state index is 12.6. The highest BCUT2D eigenvalue weighted by molar-refractivity contribution is 7.91. The second kappa shape index (κ2) is 6.36. The first kappa shape index (κ1) is 17.2. The van der Waals surface area contributed by atoms with Gasteiger partial charge in [-0.3, -0.25) is 4.68 Å². The van der Waals surface area contributed by atoms with Gasteiger partial charge in [0.05, 0.1) is 29.3 Å².